The van der Waals surface area contributed by atoms with Crippen molar-refractivity contribution in [3.05, 3.63) is 88.0 Å². The SMILES string of the molecule is O=C(Nc1cccc(Cl)c1-n1cccn1)c1cc2ccccc2oc1=O. The fourth-order valence-corrected chi connectivity index (χ4v) is 2.92. The molecule has 0 aliphatic heterocycles. The average molecular weight is 366 g/mol. The van der Waals surface area contributed by atoms with Gasteiger partial charge in [-0.15, -0.1) is 0 Å². The van der Waals surface area contributed by atoms with Crippen molar-refractivity contribution in [2.75, 3.05) is 5.32 Å². The van der Waals surface area contributed by atoms with Crippen LogP contribution in [0.2, 0.25) is 5.02 Å². The molecule has 0 aliphatic rings. The highest BCUT2D eigenvalue weighted by molar-refractivity contribution is 6.33. The smallest absolute Gasteiger partial charge is 0.349 e. The first-order chi connectivity index (χ1) is 12.6. The van der Waals surface area contributed by atoms with E-state index in [0.29, 0.717) is 27.4 Å². The minimum Gasteiger partial charge on any atom is -0.422 e. The van der Waals surface area contributed by atoms with Crippen molar-refractivity contribution in [1.29, 1.82) is 0 Å². The number of aromatic nitrogens is 2. The van der Waals surface area contributed by atoms with Gasteiger partial charge in [0.15, 0.2) is 0 Å². The summed E-state index contributed by atoms with van der Waals surface area (Å²) in [5.74, 6) is -0.583. The van der Waals surface area contributed by atoms with Gasteiger partial charge in [0, 0.05) is 17.8 Å². The van der Waals surface area contributed by atoms with Gasteiger partial charge in [0.2, 0.25) is 0 Å². The van der Waals surface area contributed by atoms with E-state index in [1.807, 2.05) is 0 Å². The third-order valence-electron chi connectivity index (χ3n) is 3.85. The van der Waals surface area contributed by atoms with E-state index in [1.165, 1.54) is 6.07 Å². The minimum atomic E-state index is -0.705. The van der Waals surface area contributed by atoms with Crippen molar-refractivity contribution in [3.8, 4) is 5.69 Å². The molecule has 0 atom stereocenters. The number of carbonyl (C=O) groups is 1. The number of carbonyl (C=O) groups excluding carboxylic acids is 1. The highest BCUT2D eigenvalue weighted by Gasteiger charge is 2.17. The van der Waals surface area contributed by atoms with E-state index in [0.717, 1.165) is 0 Å². The molecule has 4 aromatic rings. The number of anilines is 1. The molecule has 0 unspecified atom stereocenters. The van der Waals surface area contributed by atoms with Crippen molar-refractivity contribution in [2.45, 2.75) is 0 Å². The van der Waals surface area contributed by atoms with Crippen LogP contribution in [-0.4, -0.2) is 15.7 Å². The molecule has 1 N–H and O–H groups in total. The molecule has 26 heavy (non-hydrogen) atoms. The summed E-state index contributed by atoms with van der Waals surface area (Å²) in [7, 11) is 0. The lowest BCUT2D eigenvalue weighted by atomic mass is 10.1. The molecule has 128 valence electrons. The average Bonchev–Trinajstić information content (AvgIpc) is 3.15. The van der Waals surface area contributed by atoms with Crippen LogP contribution in [0.1, 0.15) is 10.4 Å². The fraction of sp³-hybridized carbons (Fsp3) is 0. The van der Waals surface area contributed by atoms with Crippen molar-refractivity contribution in [3.63, 3.8) is 0 Å². The van der Waals surface area contributed by atoms with Gasteiger partial charge in [-0.2, -0.15) is 5.10 Å². The Morgan fingerprint density at radius 3 is 2.77 bits per heavy atom. The number of nitrogens with one attached hydrogen (secondary N) is 1. The van der Waals surface area contributed by atoms with Crippen molar-refractivity contribution in [1.82, 2.24) is 9.78 Å². The van der Waals surface area contributed by atoms with Gasteiger partial charge in [0.1, 0.15) is 16.8 Å². The molecule has 2 heterocycles. The second-order valence-electron chi connectivity index (χ2n) is 5.53. The molecule has 0 fully saturated rings. The zero-order valence-electron chi connectivity index (χ0n) is 13.3. The summed E-state index contributed by atoms with van der Waals surface area (Å²) in [5.41, 5.74) is 0.574. The van der Waals surface area contributed by atoms with Crippen LogP contribution in [0.3, 0.4) is 0 Å². The van der Waals surface area contributed by atoms with Crippen LogP contribution in [-0.2, 0) is 0 Å². The Kier molecular flexibility index (Phi) is 4.02. The topological polar surface area (TPSA) is 77.1 Å². The van der Waals surface area contributed by atoms with Crippen LogP contribution < -0.4 is 10.9 Å². The second kappa shape index (κ2) is 6.50. The molecular weight excluding hydrogens is 354 g/mol. The van der Waals surface area contributed by atoms with Gasteiger partial charge in [-0.05, 0) is 30.3 Å². The van der Waals surface area contributed by atoms with Gasteiger partial charge < -0.3 is 9.73 Å². The maximum absolute atomic E-state index is 12.7. The highest BCUT2D eigenvalue weighted by atomic mass is 35.5. The highest BCUT2D eigenvalue weighted by Crippen LogP contribution is 2.28. The third kappa shape index (κ3) is 2.87. The number of amides is 1. The molecule has 0 aliphatic carbocycles. The van der Waals surface area contributed by atoms with E-state index in [2.05, 4.69) is 10.4 Å². The van der Waals surface area contributed by atoms with Crippen LogP contribution in [0.15, 0.2) is 76.2 Å². The quantitative estimate of drug-likeness (QED) is 0.559. The molecule has 0 spiro atoms. The standard InChI is InChI=1S/C19H12ClN3O3/c20-14-6-3-7-15(17(14)23-10-4-9-21-23)22-18(24)13-11-12-5-1-2-8-16(12)26-19(13)25/h1-11H,(H,22,24). The number of benzene rings is 2. The van der Waals surface area contributed by atoms with Gasteiger partial charge in [-0.3, -0.25) is 4.79 Å². The molecule has 0 saturated heterocycles. The molecule has 0 saturated carbocycles. The Bertz CT molecular complexity index is 1170. The number of nitrogens with zero attached hydrogens (tertiary/aromatic N) is 2. The molecule has 0 radical (unpaired) electrons. The Balaban J connectivity index is 1.75. The zero-order chi connectivity index (χ0) is 18.1. The van der Waals surface area contributed by atoms with E-state index in [1.54, 1.807) is 65.6 Å². The number of para-hydroxylation sites is 2. The number of fused-ring (bicyclic) bond motifs is 1. The molecule has 1 amide bonds. The Morgan fingerprint density at radius 2 is 1.96 bits per heavy atom. The maximum atomic E-state index is 12.7. The molecule has 2 aromatic heterocycles. The summed E-state index contributed by atoms with van der Waals surface area (Å²) >= 11 is 6.27. The maximum Gasteiger partial charge on any atom is 0.349 e. The van der Waals surface area contributed by atoms with E-state index in [9.17, 15) is 9.59 Å². The lowest BCUT2D eigenvalue weighted by Gasteiger charge is -2.12. The number of hydrogen-bond acceptors (Lipinski definition) is 4. The summed E-state index contributed by atoms with van der Waals surface area (Å²) in [5, 5.41) is 7.94. The molecule has 4 rings (SSSR count). The van der Waals surface area contributed by atoms with Gasteiger partial charge in [0.25, 0.3) is 5.91 Å². The van der Waals surface area contributed by atoms with Gasteiger partial charge in [0.05, 0.1) is 10.7 Å². The summed E-state index contributed by atoms with van der Waals surface area (Å²) in [6.07, 6.45) is 3.31. The normalized spacial score (nSPS) is 10.8. The predicted octanol–water partition coefficient (Wildman–Crippen LogP) is 3.88. The predicted molar refractivity (Wildman–Crippen MR) is 99.0 cm³/mol. The van der Waals surface area contributed by atoms with Crippen LogP contribution in [0, 0.1) is 0 Å². The second-order valence-corrected chi connectivity index (χ2v) is 5.93. The Morgan fingerprint density at radius 1 is 1.12 bits per heavy atom. The molecule has 0 bridgehead atoms. The largest absolute Gasteiger partial charge is 0.422 e. The first-order valence-corrected chi connectivity index (χ1v) is 8.14. The van der Waals surface area contributed by atoms with Crippen molar-refractivity contribution >= 4 is 34.2 Å². The number of halogens is 1. The van der Waals surface area contributed by atoms with E-state index in [-0.39, 0.29) is 5.56 Å². The Hall–Kier alpha value is -3.38. The third-order valence-corrected chi connectivity index (χ3v) is 4.16. The van der Waals surface area contributed by atoms with Crippen LogP contribution in [0.5, 0.6) is 0 Å². The molecule has 2 aromatic carbocycles. The lowest BCUT2D eigenvalue weighted by molar-refractivity contribution is 0.102. The zero-order valence-corrected chi connectivity index (χ0v) is 14.1. The van der Waals surface area contributed by atoms with E-state index >= 15 is 0 Å². The first-order valence-electron chi connectivity index (χ1n) is 7.76. The summed E-state index contributed by atoms with van der Waals surface area (Å²) in [4.78, 5) is 24.8. The van der Waals surface area contributed by atoms with Crippen LogP contribution in [0.25, 0.3) is 16.7 Å². The fourth-order valence-electron chi connectivity index (χ4n) is 2.66. The molecule has 6 nitrogen and oxygen atoms in total. The summed E-state index contributed by atoms with van der Waals surface area (Å²) < 4.78 is 6.76. The monoisotopic (exact) mass is 365 g/mol. The van der Waals surface area contributed by atoms with Gasteiger partial charge in [-0.25, -0.2) is 9.48 Å². The first kappa shape index (κ1) is 16.1. The van der Waals surface area contributed by atoms with Gasteiger partial charge in [-0.1, -0.05) is 35.9 Å². The number of hydrogen-bond donors (Lipinski definition) is 1. The minimum absolute atomic E-state index is 0.0879. The van der Waals surface area contributed by atoms with Crippen LogP contribution in [0.4, 0.5) is 5.69 Å². The van der Waals surface area contributed by atoms with Gasteiger partial charge >= 0.3 is 5.63 Å². The lowest BCUT2D eigenvalue weighted by Crippen LogP contribution is -2.21. The van der Waals surface area contributed by atoms with Crippen molar-refractivity contribution in [2.24, 2.45) is 0 Å². The summed E-state index contributed by atoms with van der Waals surface area (Å²) in [6.45, 7) is 0. The van der Waals surface area contributed by atoms with E-state index in [4.69, 9.17) is 16.0 Å². The van der Waals surface area contributed by atoms with E-state index < -0.39 is 11.5 Å². The number of rotatable bonds is 3. The van der Waals surface area contributed by atoms with Crippen LogP contribution >= 0.6 is 11.6 Å². The molecule has 7 heteroatoms. The molecular formula is C19H12ClN3O3. The summed E-state index contributed by atoms with van der Waals surface area (Å²) in [6, 6.07) is 15.3. The van der Waals surface area contributed by atoms with Crippen molar-refractivity contribution < 1.29 is 9.21 Å². The Labute approximate surface area is 152 Å².